The molecule has 0 radical (unpaired) electrons. The predicted octanol–water partition coefficient (Wildman–Crippen LogP) is 3.01. The standard InChI is InChI=1S/C21H37O9P/c1-2-17-19(29-17)13-20-18(30-20)11-9-7-5-3-4-6-8-10-12-21(23)28-16(14-22)15-27-31(24,25)26/h7,9,16-20,22H,2-6,8,10-15H2,1H3,(H2,24,25,26)/b9-7-. The number of phosphoric ester groups is 1. The highest BCUT2D eigenvalue weighted by molar-refractivity contribution is 7.46. The molecule has 2 fully saturated rings. The Morgan fingerprint density at radius 2 is 1.71 bits per heavy atom. The fraction of sp³-hybridized carbons (Fsp3) is 0.857. The van der Waals surface area contributed by atoms with E-state index in [9.17, 15) is 9.36 Å². The molecule has 180 valence electrons. The number of phosphoric acid groups is 1. The second-order valence-electron chi connectivity index (χ2n) is 8.16. The maximum Gasteiger partial charge on any atom is 0.469 e. The van der Waals surface area contributed by atoms with Crippen LogP contribution in [0.4, 0.5) is 0 Å². The van der Waals surface area contributed by atoms with Crippen molar-refractivity contribution in [3.63, 3.8) is 0 Å². The number of esters is 1. The van der Waals surface area contributed by atoms with Gasteiger partial charge < -0.3 is 29.1 Å². The lowest BCUT2D eigenvalue weighted by Gasteiger charge is -2.15. The van der Waals surface area contributed by atoms with Crippen LogP contribution in [0, 0.1) is 0 Å². The highest BCUT2D eigenvalue weighted by Crippen LogP contribution is 2.38. The van der Waals surface area contributed by atoms with Crippen LogP contribution < -0.4 is 0 Å². The average Bonchev–Trinajstić information content (AvgIpc) is 3.64. The Morgan fingerprint density at radius 1 is 1.03 bits per heavy atom. The van der Waals surface area contributed by atoms with Crippen LogP contribution in [0.25, 0.3) is 0 Å². The number of epoxide rings is 2. The monoisotopic (exact) mass is 464 g/mol. The number of hydrogen-bond donors (Lipinski definition) is 3. The molecule has 3 N–H and O–H groups in total. The number of rotatable bonds is 18. The summed E-state index contributed by atoms with van der Waals surface area (Å²) < 4.78 is 31.1. The molecule has 31 heavy (non-hydrogen) atoms. The number of carbonyl (C=O) groups is 1. The maximum atomic E-state index is 11.7. The van der Waals surface area contributed by atoms with E-state index < -0.39 is 33.1 Å². The van der Waals surface area contributed by atoms with Crippen LogP contribution in [0.2, 0.25) is 0 Å². The van der Waals surface area contributed by atoms with Gasteiger partial charge in [-0.25, -0.2) is 4.57 Å². The first kappa shape index (κ1) is 26.5. The Balaban J connectivity index is 1.37. The quantitative estimate of drug-likeness (QED) is 0.0918. The number of unbranched alkanes of at least 4 members (excludes halogenated alkanes) is 5. The van der Waals surface area contributed by atoms with Crippen molar-refractivity contribution in [2.24, 2.45) is 0 Å². The molecule has 2 heterocycles. The largest absolute Gasteiger partial charge is 0.469 e. The smallest absolute Gasteiger partial charge is 0.457 e. The normalized spacial score (nSPS) is 26.2. The fourth-order valence-electron chi connectivity index (χ4n) is 3.53. The fourth-order valence-corrected chi connectivity index (χ4v) is 3.89. The molecule has 0 bridgehead atoms. The van der Waals surface area contributed by atoms with E-state index >= 15 is 0 Å². The molecule has 0 aromatic carbocycles. The van der Waals surface area contributed by atoms with Gasteiger partial charge in [-0.05, 0) is 32.1 Å². The zero-order valence-corrected chi connectivity index (χ0v) is 19.2. The van der Waals surface area contributed by atoms with Gasteiger partial charge in [0.1, 0.15) is 6.10 Å². The first-order chi connectivity index (χ1) is 14.8. The second-order valence-corrected chi connectivity index (χ2v) is 9.40. The van der Waals surface area contributed by atoms with E-state index in [1.165, 1.54) is 0 Å². The zero-order valence-electron chi connectivity index (χ0n) is 18.3. The SMILES string of the molecule is CCC1OC1CC1OC1C/C=C\CCCCCCCC(=O)OC(CO)COP(=O)(O)O. The molecule has 0 aromatic heterocycles. The van der Waals surface area contributed by atoms with Gasteiger partial charge in [0.15, 0.2) is 0 Å². The Bertz CT molecular complexity index is 606. The zero-order chi connectivity index (χ0) is 22.7. The lowest BCUT2D eigenvalue weighted by molar-refractivity contribution is -0.153. The summed E-state index contributed by atoms with van der Waals surface area (Å²) in [6.07, 6.45) is 14.1. The molecule has 0 aliphatic carbocycles. The van der Waals surface area contributed by atoms with E-state index in [1.54, 1.807) is 0 Å². The van der Waals surface area contributed by atoms with E-state index in [1.807, 2.05) is 0 Å². The Labute approximate surface area is 184 Å². The maximum absolute atomic E-state index is 11.7. The molecule has 5 unspecified atom stereocenters. The molecule has 5 atom stereocenters. The first-order valence-electron chi connectivity index (χ1n) is 11.3. The summed E-state index contributed by atoms with van der Waals surface area (Å²) in [6, 6.07) is 0. The second kappa shape index (κ2) is 13.7. The van der Waals surface area contributed by atoms with Gasteiger partial charge in [-0.2, -0.15) is 0 Å². The minimum Gasteiger partial charge on any atom is -0.457 e. The van der Waals surface area contributed by atoms with Crippen molar-refractivity contribution in [2.75, 3.05) is 13.2 Å². The van der Waals surface area contributed by atoms with Crippen LogP contribution in [0.3, 0.4) is 0 Å². The summed E-state index contributed by atoms with van der Waals surface area (Å²) in [5.74, 6) is -0.504. The summed E-state index contributed by atoms with van der Waals surface area (Å²) in [5, 5.41) is 9.08. The third kappa shape index (κ3) is 12.1. The van der Waals surface area contributed by atoms with Gasteiger partial charge in [-0.3, -0.25) is 9.32 Å². The van der Waals surface area contributed by atoms with E-state index in [0.717, 1.165) is 51.4 Å². The van der Waals surface area contributed by atoms with Crippen molar-refractivity contribution >= 4 is 13.8 Å². The third-order valence-electron chi connectivity index (χ3n) is 5.46. The molecule has 0 spiro atoms. The van der Waals surface area contributed by atoms with Gasteiger partial charge in [-0.15, -0.1) is 0 Å². The molecular formula is C21H37O9P. The number of ether oxygens (including phenoxy) is 3. The van der Waals surface area contributed by atoms with Gasteiger partial charge in [0.05, 0.1) is 37.6 Å². The molecular weight excluding hydrogens is 427 g/mol. The highest BCUT2D eigenvalue weighted by Gasteiger charge is 2.46. The molecule has 0 amide bonds. The topological polar surface area (TPSA) is 138 Å². The van der Waals surface area contributed by atoms with Crippen LogP contribution in [0.15, 0.2) is 12.2 Å². The van der Waals surface area contributed by atoms with Gasteiger partial charge >= 0.3 is 13.8 Å². The molecule has 9 nitrogen and oxygen atoms in total. The molecule has 0 aromatic rings. The van der Waals surface area contributed by atoms with Crippen LogP contribution in [0.5, 0.6) is 0 Å². The highest BCUT2D eigenvalue weighted by atomic mass is 31.2. The van der Waals surface area contributed by atoms with E-state index in [4.69, 9.17) is 29.1 Å². The molecule has 2 saturated heterocycles. The molecule has 0 saturated carbocycles. The number of aliphatic hydroxyl groups is 1. The first-order valence-corrected chi connectivity index (χ1v) is 12.8. The number of aliphatic hydroxyl groups excluding tert-OH is 1. The Kier molecular flexibility index (Phi) is 11.7. The van der Waals surface area contributed by atoms with E-state index in [-0.39, 0.29) is 6.42 Å². The van der Waals surface area contributed by atoms with Crippen molar-refractivity contribution < 1.29 is 43.0 Å². The Morgan fingerprint density at radius 3 is 2.39 bits per heavy atom. The lowest BCUT2D eigenvalue weighted by Crippen LogP contribution is -2.26. The van der Waals surface area contributed by atoms with Crippen LogP contribution >= 0.6 is 7.82 Å². The van der Waals surface area contributed by atoms with Gasteiger partial charge in [-0.1, -0.05) is 38.3 Å². The number of hydrogen-bond acceptors (Lipinski definition) is 7. The van der Waals surface area contributed by atoms with Crippen molar-refractivity contribution in [1.82, 2.24) is 0 Å². The van der Waals surface area contributed by atoms with Crippen LogP contribution in [-0.2, 0) is 28.1 Å². The summed E-state index contributed by atoms with van der Waals surface area (Å²) in [4.78, 5) is 29.0. The van der Waals surface area contributed by atoms with Crippen molar-refractivity contribution in [2.45, 2.75) is 102 Å². The van der Waals surface area contributed by atoms with Gasteiger partial charge in [0, 0.05) is 12.8 Å². The molecule has 10 heteroatoms. The number of carbonyl (C=O) groups excluding carboxylic acids is 1. The summed E-state index contributed by atoms with van der Waals surface area (Å²) in [7, 11) is -4.65. The van der Waals surface area contributed by atoms with Crippen molar-refractivity contribution in [3.05, 3.63) is 12.2 Å². The summed E-state index contributed by atoms with van der Waals surface area (Å²) >= 11 is 0. The number of allylic oxidation sites excluding steroid dienone is 1. The van der Waals surface area contributed by atoms with Gasteiger partial charge in [0.25, 0.3) is 0 Å². The van der Waals surface area contributed by atoms with Crippen LogP contribution in [-0.4, -0.2) is 64.6 Å². The van der Waals surface area contributed by atoms with Crippen molar-refractivity contribution in [1.29, 1.82) is 0 Å². The lowest BCUT2D eigenvalue weighted by atomic mass is 10.1. The molecule has 2 aliphatic rings. The summed E-state index contributed by atoms with van der Waals surface area (Å²) in [5.41, 5.74) is 0. The van der Waals surface area contributed by atoms with E-state index in [0.29, 0.717) is 30.8 Å². The predicted molar refractivity (Wildman–Crippen MR) is 113 cm³/mol. The minimum atomic E-state index is -4.65. The van der Waals surface area contributed by atoms with Gasteiger partial charge in [0.2, 0.25) is 0 Å². The molecule has 2 rings (SSSR count). The van der Waals surface area contributed by atoms with Crippen molar-refractivity contribution in [3.8, 4) is 0 Å². The Hall–Kier alpha value is -0.800. The molecule has 2 aliphatic heterocycles. The van der Waals surface area contributed by atoms with Crippen LogP contribution in [0.1, 0.15) is 71.1 Å². The summed E-state index contributed by atoms with van der Waals surface area (Å²) in [6.45, 7) is 1.06. The minimum absolute atomic E-state index is 0.208. The third-order valence-corrected chi connectivity index (χ3v) is 5.94. The van der Waals surface area contributed by atoms with E-state index in [2.05, 4.69) is 23.6 Å². The average molecular weight is 464 g/mol.